The summed E-state index contributed by atoms with van der Waals surface area (Å²) < 4.78 is 22.9. The summed E-state index contributed by atoms with van der Waals surface area (Å²) in [5.74, 6) is -0.240. The molecule has 0 bridgehead atoms. The van der Waals surface area contributed by atoms with Crippen LogP contribution < -0.4 is 16.0 Å². The first-order valence-corrected chi connectivity index (χ1v) is 10.9. The molecule has 3 rings (SSSR count). The number of sulfone groups is 1. The van der Waals surface area contributed by atoms with Crippen LogP contribution in [0.2, 0.25) is 5.02 Å². The van der Waals surface area contributed by atoms with Crippen molar-refractivity contribution in [2.45, 2.75) is 19.0 Å². The molecular weight excluding hydrogens is 402 g/mol. The van der Waals surface area contributed by atoms with Crippen molar-refractivity contribution in [3.8, 4) is 0 Å². The topological polar surface area (TPSA) is 104 Å². The third kappa shape index (κ3) is 5.71. The lowest BCUT2D eigenvalue weighted by atomic mass is 10.1. The van der Waals surface area contributed by atoms with E-state index >= 15 is 0 Å². The maximum Gasteiger partial charge on any atom is 0.319 e. The van der Waals surface area contributed by atoms with Crippen LogP contribution in [0.3, 0.4) is 0 Å². The molecule has 1 atom stereocenters. The first-order valence-electron chi connectivity index (χ1n) is 8.71. The van der Waals surface area contributed by atoms with Gasteiger partial charge in [-0.2, -0.15) is 0 Å². The molecule has 1 aliphatic heterocycles. The molecule has 0 aliphatic carbocycles. The summed E-state index contributed by atoms with van der Waals surface area (Å²) in [6.45, 7) is 0.351. The summed E-state index contributed by atoms with van der Waals surface area (Å²) >= 11 is 5.84. The van der Waals surface area contributed by atoms with Crippen LogP contribution in [0.5, 0.6) is 0 Å². The fraction of sp³-hybridized carbons (Fsp3) is 0.263. The Morgan fingerprint density at radius 3 is 2.54 bits per heavy atom. The Morgan fingerprint density at radius 2 is 1.86 bits per heavy atom. The van der Waals surface area contributed by atoms with E-state index in [0.717, 1.165) is 5.56 Å². The van der Waals surface area contributed by atoms with E-state index in [1.807, 2.05) is 12.1 Å². The zero-order chi connectivity index (χ0) is 20.1. The van der Waals surface area contributed by atoms with E-state index in [1.54, 1.807) is 36.4 Å². The Kier molecular flexibility index (Phi) is 6.21. The minimum Gasteiger partial charge on any atom is -0.348 e. The minimum absolute atomic E-state index is 0.0481. The number of urea groups is 1. The fourth-order valence-electron chi connectivity index (χ4n) is 2.89. The number of rotatable bonds is 5. The molecule has 7 nitrogen and oxygen atoms in total. The van der Waals surface area contributed by atoms with Crippen molar-refractivity contribution in [1.82, 2.24) is 10.6 Å². The molecule has 1 unspecified atom stereocenters. The lowest BCUT2D eigenvalue weighted by molar-refractivity contribution is 0.0951. The van der Waals surface area contributed by atoms with Crippen molar-refractivity contribution in [3.63, 3.8) is 0 Å². The van der Waals surface area contributed by atoms with Gasteiger partial charge in [0.25, 0.3) is 5.91 Å². The van der Waals surface area contributed by atoms with Crippen LogP contribution in [0.4, 0.5) is 10.5 Å². The van der Waals surface area contributed by atoms with Gasteiger partial charge in [0.05, 0.1) is 11.5 Å². The minimum atomic E-state index is -3.07. The summed E-state index contributed by atoms with van der Waals surface area (Å²) in [6.07, 6.45) is 0.406. The van der Waals surface area contributed by atoms with Crippen LogP contribution in [-0.2, 0) is 16.4 Å². The quantitative estimate of drug-likeness (QED) is 0.690. The van der Waals surface area contributed by atoms with Crippen LogP contribution in [0.1, 0.15) is 22.3 Å². The van der Waals surface area contributed by atoms with Gasteiger partial charge in [-0.15, -0.1) is 0 Å². The molecule has 148 valence electrons. The predicted octanol–water partition coefficient (Wildman–Crippen LogP) is 2.58. The molecular formula is C19H20ClN3O4S. The van der Waals surface area contributed by atoms with Gasteiger partial charge in [0.15, 0.2) is 9.84 Å². The molecule has 0 radical (unpaired) electrons. The summed E-state index contributed by atoms with van der Waals surface area (Å²) in [7, 11) is -3.07. The van der Waals surface area contributed by atoms with E-state index in [-0.39, 0.29) is 17.4 Å². The maximum atomic E-state index is 12.3. The summed E-state index contributed by atoms with van der Waals surface area (Å²) in [6, 6.07) is 12.8. The number of carbonyl (C=O) groups is 2. The molecule has 0 spiro atoms. The number of benzene rings is 2. The van der Waals surface area contributed by atoms with E-state index in [1.165, 1.54) is 0 Å². The third-order valence-electron chi connectivity index (χ3n) is 4.32. The molecule has 28 heavy (non-hydrogen) atoms. The highest BCUT2D eigenvalue weighted by atomic mass is 35.5. The van der Waals surface area contributed by atoms with Gasteiger partial charge in [-0.1, -0.05) is 29.8 Å². The number of halogens is 1. The normalized spacial score (nSPS) is 17.7. The highest BCUT2D eigenvalue weighted by Gasteiger charge is 2.28. The van der Waals surface area contributed by atoms with Gasteiger partial charge in [-0.3, -0.25) is 4.79 Å². The molecule has 1 heterocycles. The standard InChI is InChI=1S/C19H20ClN3O4S/c20-15-6-4-13(5-7-15)11-21-18(24)14-2-1-3-16(10-14)22-19(25)23-17-8-9-28(26,27)12-17/h1-7,10,17H,8-9,11-12H2,(H,21,24)(H2,22,23,25). The van der Waals surface area contributed by atoms with Crippen LogP contribution in [0, 0.1) is 0 Å². The van der Waals surface area contributed by atoms with Crippen molar-refractivity contribution >= 4 is 39.1 Å². The average molecular weight is 422 g/mol. The van der Waals surface area contributed by atoms with E-state index in [4.69, 9.17) is 11.6 Å². The van der Waals surface area contributed by atoms with Gasteiger partial charge >= 0.3 is 6.03 Å². The number of hydrogen-bond donors (Lipinski definition) is 3. The van der Waals surface area contributed by atoms with Crippen molar-refractivity contribution in [2.24, 2.45) is 0 Å². The Labute approximate surface area is 168 Å². The first kappa shape index (κ1) is 20.2. The summed E-state index contributed by atoms with van der Waals surface area (Å²) in [5.41, 5.74) is 1.76. The van der Waals surface area contributed by atoms with Gasteiger partial charge in [-0.25, -0.2) is 13.2 Å². The zero-order valence-corrected chi connectivity index (χ0v) is 16.5. The highest BCUT2D eigenvalue weighted by molar-refractivity contribution is 7.91. The molecule has 1 saturated heterocycles. The zero-order valence-electron chi connectivity index (χ0n) is 14.9. The predicted molar refractivity (Wildman–Crippen MR) is 108 cm³/mol. The maximum absolute atomic E-state index is 12.3. The Hall–Kier alpha value is -2.58. The number of amides is 3. The third-order valence-corrected chi connectivity index (χ3v) is 6.34. The fourth-order valence-corrected chi connectivity index (χ4v) is 4.69. The van der Waals surface area contributed by atoms with Gasteiger partial charge < -0.3 is 16.0 Å². The van der Waals surface area contributed by atoms with Crippen LogP contribution in [0.15, 0.2) is 48.5 Å². The lowest BCUT2D eigenvalue weighted by Gasteiger charge is -2.13. The molecule has 0 saturated carbocycles. The van der Waals surface area contributed by atoms with Crippen molar-refractivity contribution < 1.29 is 18.0 Å². The van der Waals surface area contributed by atoms with Gasteiger partial charge in [0, 0.05) is 28.9 Å². The largest absolute Gasteiger partial charge is 0.348 e. The van der Waals surface area contributed by atoms with Gasteiger partial charge in [0.2, 0.25) is 0 Å². The van der Waals surface area contributed by atoms with E-state index < -0.39 is 21.9 Å². The molecule has 3 N–H and O–H groups in total. The number of hydrogen-bond acceptors (Lipinski definition) is 4. The van der Waals surface area contributed by atoms with E-state index in [0.29, 0.717) is 29.2 Å². The van der Waals surface area contributed by atoms with E-state index in [2.05, 4.69) is 16.0 Å². The second kappa shape index (κ2) is 8.62. The number of carbonyl (C=O) groups excluding carboxylic acids is 2. The highest BCUT2D eigenvalue weighted by Crippen LogP contribution is 2.14. The molecule has 0 aromatic heterocycles. The molecule has 2 aromatic carbocycles. The lowest BCUT2D eigenvalue weighted by Crippen LogP contribution is -2.38. The molecule has 1 fully saturated rings. The van der Waals surface area contributed by atoms with Crippen LogP contribution in [-0.4, -0.2) is 37.9 Å². The molecule has 3 amide bonds. The van der Waals surface area contributed by atoms with E-state index in [9.17, 15) is 18.0 Å². The SMILES string of the molecule is O=C(Nc1cccc(C(=O)NCc2ccc(Cl)cc2)c1)NC1CCS(=O)(=O)C1. The van der Waals surface area contributed by atoms with Gasteiger partial charge in [0.1, 0.15) is 0 Å². The second-order valence-corrected chi connectivity index (χ2v) is 9.25. The number of nitrogens with one attached hydrogen (secondary N) is 3. The average Bonchev–Trinajstić information content (AvgIpc) is 2.99. The first-order chi connectivity index (χ1) is 13.3. The van der Waals surface area contributed by atoms with Crippen molar-refractivity contribution in [1.29, 1.82) is 0 Å². The molecule has 9 heteroatoms. The van der Waals surface area contributed by atoms with Crippen molar-refractivity contribution in [3.05, 3.63) is 64.7 Å². The van der Waals surface area contributed by atoms with Crippen LogP contribution in [0.25, 0.3) is 0 Å². The second-order valence-electron chi connectivity index (χ2n) is 6.59. The summed E-state index contributed by atoms with van der Waals surface area (Å²) in [4.78, 5) is 24.4. The Balaban J connectivity index is 1.54. The Bertz CT molecular complexity index is 977. The molecule has 1 aliphatic rings. The Morgan fingerprint density at radius 1 is 1.11 bits per heavy atom. The monoisotopic (exact) mass is 421 g/mol. The van der Waals surface area contributed by atoms with Crippen molar-refractivity contribution in [2.75, 3.05) is 16.8 Å². The molecule has 2 aromatic rings. The van der Waals surface area contributed by atoms with Crippen LogP contribution >= 0.6 is 11.6 Å². The van der Waals surface area contributed by atoms with Gasteiger partial charge in [-0.05, 0) is 42.3 Å². The summed E-state index contributed by atoms with van der Waals surface area (Å²) in [5, 5.41) is 8.71. The smallest absolute Gasteiger partial charge is 0.319 e. The number of anilines is 1.